The van der Waals surface area contributed by atoms with Gasteiger partial charge in [0.05, 0.1) is 6.54 Å². The fourth-order valence-corrected chi connectivity index (χ4v) is 2.27. The second-order valence-electron chi connectivity index (χ2n) is 5.04. The molecule has 1 heterocycles. The van der Waals surface area contributed by atoms with Crippen LogP contribution in [0.25, 0.3) is 0 Å². The molecule has 1 aliphatic heterocycles. The maximum absolute atomic E-state index is 5.21. The largest absolute Gasteiger partial charge is 0.306 e. The van der Waals surface area contributed by atoms with Crippen molar-refractivity contribution in [1.82, 2.24) is 15.1 Å². The van der Waals surface area contributed by atoms with Gasteiger partial charge in [0.2, 0.25) is 0 Å². The number of hydrogen-bond acceptors (Lipinski definition) is 3. The molecule has 2 unspecified atom stereocenters. The maximum Gasteiger partial charge on any atom is 0.0574 e. The Bertz CT molecular complexity index is 234. The number of nitrogens with zero attached hydrogens (tertiary/aromatic N) is 2. The molecule has 0 spiro atoms. The third-order valence-corrected chi connectivity index (χ3v) is 3.45. The molecule has 1 aliphatic rings. The highest BCUT2D eigenvalue weighted by molar-refractivity contribution is 4.87. The Morgan fingerprint density at radius 3 is 2.94 bits per heavy atom. The van der Waals surface area contributed by atoms with Gasteiger partial charge in [0.15, 0.2) is 0 Å². The minimum Gasteiger partial charge on any atom is -0.306 e. The molecule has 1 N–H and O–H groups in total. The number of terminal acetylenes is 1. The zero-order valence-electron chi connectivity index (χ0n) is 10.9. The standard InChI is InChI=1S/C13H25N3/c1-5-7-14-9-12(2)16(4)11-13-6-8-15(3)10-13/h1,12-14H,6-11H2,2-4H3. The van der Waals surface area contributed by atoms with E-state index in [0.717, 1.165) is 12.5 Å². The summed E-state index contributed by atoms with van der Waals surface area (Å²) in [5.74, 6) is 3.44. The van der Waals surface area contributed by atoms with Crippen LogP contribution in [0, 0.1) is 18.3 Å². The molecule has 0 amide bonds. The van der Waals surface area contributed by atoms with Gasteiger partial charge in [0, 0.05) is 25.7 Å². The highest BCUT2D eigenvalue weighted by atomic mass is 15.2. The topological polar surface area (TPSA) is 18.5 Å². The zero-order valence-corrected chi connectivity index (χ0v) is 10.9. The van der Waals surface area contributed by atoms with Crippen LogP contribution in [0.4, 0.5) is 0 Å². The molecule has 2 atom stereocenters. The van der Waals surface area contributed by atoms with Crippen molar-refractivity contribution in [3.05, 3.63) is 0 Å². The van der Waals surface area contributed by atoms with Crippen molar-refractivity contribution in [2.24, 2.45) is 5.92 Å². The average Bonchev–Trinajstić information content (AvgIpc) is 2.64. The van der Waals surface area contributed by atoms with E-state index in [1.807, 2.05) is 0 Å². The highest BCUT2D eigenvalue weighted by Crippen LogP contribution is 2.15. The van der Waals surface area contributed by atoms with Gasteiger partial charge in [0.1, 0.15) is 0 Å². The van der Waals surface area contributed by atoms with Crippen LogP contribution < -0.4 is 5.32 Å². The first-order valence-electron chi connectivity index (χ1n) is 6.16. The molecule has 0 aromatic heterocycles. The molecular weight excluding hydrogens is 198 g/mol. The smallest absolute Gasteiger partial charge is 0.0574 e. The van der Waals surface area contributed by atoms with Gasteiger partial charge in [-0.25, -0.2) is 0 Å². The Labute approximate surface area is 100 Å². The highest BCUT2D eigenvalue weighted by Gasteiger charge is 2.22. The maximum atomic E-state index is 5.21. The molecule has 0 bridgehead atoms. The molecule has 0 saturated carbocycles. The molecule has 1 rings (SSSR count). The van der Waals surface area contributed by atoms with Gasteiger partial charge in [-0.3, -0.25) is 0 Å². The Morgan fingerprint density at radius 2 is 2.38 bits per heavy atom. The van der Waals surface area contributed by atoms with Crippen molar-refractivity contribution in [2.45, 2.75) is 19.4 Å². The van der Waals surface area contributed by atoms with E-state index in [2.05, 4.69) is 42.1 Å². The lowest BCUT2D eigenvalue weighted by molar-refractivity contribution is 0.215. The Kier molecular flexibility index (Phi) is 5.83. The molecule has 92 valence electrons. The Morgan fingerprint density at radius 1 is 1.62 bits per heavy atom. The minimum absolute atomic E-state index is 0.555. The molecule has 0 radical (unpaired) electrons. The van der Waals surface area contributed by atoms with E-state index in [1.54, 1.807) is 0 Å². The molecule has 16 heavy (non-hydrogen) atoms. The first kappa shape index (κ1) is 13.5. The molecule has 3 nitrogen and oxygen atoms in total. The summed E-state index contributed by atoms with van der Waals surface area (Å²) in [6, 6.07) is 0.555. The predicted octanol–water partition coefficient (Wildman–Crippen LogP) is 0.481. The summed E-state index contributed by atoms with van der Waals surface area (Å²) in [7, 11) is 4.42. The van der Waals surface area contributed by atoms with Crippen LogP contribution in [-0.2, 0) is 0 Å². The molecule has 1 saturated heterocycles. The van der Waals surface area contributed by atoms with E-state index in [0.29, 0.717) is 12.6 Å². The molecule has 0 aromatic rings. The lowest BCUT2D eigenvalue weighted by atomic mass is 10.1. The van der Waals surface area contributed by atoms with Crippen LogP contribution in [0.2, 0.25) is 0 Å². The van der Waals surface area contributed by atoms with E-state index < -0.39 is 0 Å². The van der Waals surface area contributed by atoms with Gasteiger partial charge in [-0.2, -0.15) is 0 Å². The lowest BCUT2D eigenvalue weighted by Gasteiger charge is -2.27. The van der Waals surface area contributed by atoms with Crippen LogP contribution >= 0.6 is 0 Å². The monoisotopic (exact) mass is 223 g/mol. The molecule has 1 fully saturated rings. The minimum atomic E-state index is 0.555. The second kappa shape index (κ2) is 6.90. The second-order valence-corrected chi connectivity index (χ2v) is 5.04. The van der Waals surface area contributed by atoms with Crippen molar-refractivity contribution >= 4 is 0 Å². The third-order valence-electron chi connectivity index (χ3n) is 3.45. The molecule has 3 heteroatoms. The van der Waals surface area contributed by atoms with Crippen molar-refractivity contribution in [3.8, 4) is 12.3 Å². The fourth-order valence-electron chi connectivity index (χ4n) is 2.27. The summed E-state index contributed by atoms with van der Waals surface area (Å²) in [6.07, 6.45) is 6.55. The van der Waals surface area contributed by atoms with E-state index in [-0.39, 0.29) is 0 Å². The van der Waals surface area contributed by atoms with E-state index in [4.69, 9.17) is 6.42 Å². The number of rotatable bonds is 6. The van der Waals surface area contributed by atoms with Crippen LogP contribution in [0.1, 0.15) is 13.3 Å². The summed E-state index contributed by atoms with van der Waals surface area (Å²) in [5, 5.41) is 3.26. The van der Waals surface area contributed by atoms with E-state index in [9.17, 15) is 0 Å². The predicted molar refractivity (Wildman–Crippen MR) is 69.4 cm³/mol. The summed E-state index contributed by atoms with van der Waals surface area (Å²) < 4.78 is 0. The number of nitrogens with one attached hydrogen (secondary N) is 1. The van der Waals surface area contributed by atoms with Gasteiger partial charge < -0.3 is 15.1 Å². The van der Waals surface area contributed by atoms with Gasteiger partial charge in [0.25, 0.3) is 0 Å². The van der Waals surface area contributed by atoms with Gasteiger partial charge in [-0.05, 0) is 39.9 Å². The van der Waals surface area contributed by atoms with Crippen LogP contribution in [0.5, 0.6) is 0 Å². The van der Waals surface area contributed by atoms with Crippen molar-refractivity contribution in [1.29, 1.82) is 0 Å². The zero-order chi connectivity index (χ0) is 12.0. The summed E-state index contributed by atoms with van der Waals surface area (Å²) in [6.45, 7) is 7.59. The van der Waals surface area contributed by atoms with Crippen molar-refractivity contribution in [3.63, 3.8) is 0 Å². The number of likely N-dealkylation sites (tertiary alicyclic amines) is 1. The molecule has 0 aliphatic carbocycles. The average molecular weight is 223 g/mol. The molecule has 0 aromatic carbocycles. The van der Waals surface area contributed by atoms with Gasteiger partial charge in [-0.15, -0.1) is 6.42 Å². The first-order valence-corrected chi connectivity index (χ1v) is 6.16. The first-order chi connectivity index (χ1) is 7.63. The SMILES string of the molecule is C#CCNCC(C)N(C)CC1CCN(C)C1. The lowest BCUT2D eigenvalue weighted by Crippen LogP contribution is -2.40. The summed E-state index contributed by atoms with van der Waals surface area (Å²) in [5.41, 5.74) is 0. The van der Waals surface area contributed by atoms with E-state index in [1.165, 1.54) is 26.1 Å². The third kappa shape index (κ3) is 4.52. The van der Waals surface area contributed by atoms with Crippen molar-refractivity contribution in [2.75, 3.05) is 46.8 Å². The number of likely N-dealkylation sites (N-methyl/N-ethyl adjacent to an activating group) is 1. The number of hydrogen-bond donors (Lipinski definition) is 1. The summed E-state index contributed by atoms with van der Waals surface area (Å²) >= 11 is 0. The van der Waals surface area contributed by atoms with Gasteiger partial charge in [-0.1, -0.05) is 5.92 Å². The molecular formula is C13H25N3. The Balaban J connectivity index is 2.18. The fraction of sp³-hybridized carbons (Fsp3) is 0.846. The normalized spacial score (nSPS) is 23.6. The Hall–Kier alpha value is -0.560. The quantitative estimate of drug-likeness (QED) is 0.522. The van der Waals surface area contributed by atoms with Crippen LogP contribution in [-0.4, -0.2) is 62.7 Å². The van der Waals surface area contributed by atoms with Gasteiger partial charge >= 0.3 is 0 Å². The summed E-state index contributed by atoms with van der Waals surface area (Å²) in [4.78, 5) is 4.85. The van der Waals surface area contributed by atoms with Crippen LogP contribution in [0.3, 0.4) is 0 Å². The van der Waals surface area contributed by atoms with Crippen LogP contribution in [0.15, 0.2) is 0 Å². The van der Waals surface area contributed by atoms with Crippen molar-refractivity contribution < 1.29 is 0 Å². The van der Waals surface area contributed by atoms with E-state index >= 15 is 0 Å².